The maximum absolute atomic E-state index is 11.5. The highest BCUT2D eigenvalue weighted by atomic mass is 16.4. The number of pyridine rings is 1. The van der Waals surface area contributed by atoms with Gasteiger partial charge in [-0.1, -0.05) is 0 Å². The minimum absolute atomic E-state index is 0.202. The van der Waals surface area contributed by atoms with Crippen LogP contribution in [0.2, 0.25) is 0 Å². The summed E-state index contributed by atoms with van der Waals surface area (Å²) in [6.07, 6.45) is 3.93. The van der Waals surface area contributed by atoms with E-state index in [1.54, 1.807) is 16.2 Å². The Hall–Kier alpha value is -2.37. The summed E-state index contributed by atoms with van der Waals surface area (Å²) in [6, 6.07) is 3.26. The lowest BCUT2D eigenvalue weighted by atomic mass is 10.2. The molecule has 0 atom stereocenters. The van der Waals surface area contributed by atoms with Crippen LogP contribution in [0.1, 0.15) is 21.7 Å². The van der Waals surface area contributed by atoms with Crippen molar-refractivity contribution >= 4 is 5.97 Å². The summed E-state index contributed by atoms with van der Waals surface area (Å²) in [7, 11) is 1.84. The van der Waals surface area contributed by atoms with Gasteiger partial charge in [0.25, 0.3) is 0 Å². The molecule has 0 aliphatic rings. The molecule has 0 saturated carbocycles. The predicted molar refractivity (Wildman–Crippen MR) is 69.3 cm³/mol. The standard InChI is InChI=1S/C13H15N3O3/c1-9-7-12(17)11(13(18)19)8-16(9)6-4-10-3-5-15(2)14-10/h3,5,7-8H,4,6H2,1-2H3,(H,18,19). The minimum atomic E-state index is -1.20. The fraction of sp³-hybridized carbons (Fsp3) is 0.308. The summed E-state index contributed by atoms with van der Waals surface area (Å²) in [4.78, 5) is 22.4. The first-order chi connectivity index (χ1) is 8.97. The number of hydrogen-bond acceptors (Lipinski definition) is 3. The first-order valence-electron chi connectivity index (χ1n) is 5.90. The zero-order chi connectivity index (χ0) is 14.0. The van der Waals surface area contributed by atoms with Crippen LogP contribution < -0.4 is 5.43 Å². The number of nitrogens with zero attached hydrogens (tertiary/aromatic N) is 3. The van der Waals surface area contributed by atoms with Crippen LogP contribution in [0.4, 0.5) is 0 Å². The molecule has 0 spiro atoms. The quantitative estimate of drug-likeness (QED) is 0.884. The van der Waals surface area contributed by atoms with Gasteiger partial charge in [0.05, 0.1) is 5.69 Å². The van der Waals surface area contributed by atoms with Crippen molar-refractivity contribution in [2.75, 3.05) is 0 Å². The fourth-order valence-electron chi connectivity index (χ4n) is 1.90. The Morgan fingerprint density at radius 1 is 1.47 bits per heavy atom. The van der Waals surface area contributed by atoms with Gasteiger partial charge in [0.1, 0.15) is 5.56 Å². The molecule has 100 valence electrons. The maximum Gasteiger partial charge on any atom is 0.341 e. The molecule has 0 saturated heterocycles. The van der Waals surface area contributed by atoms with Crippen molar-refractivity contribution in [3.8, 4) is 0 Å². The minimum Gasteiger partial charge on any atom is -0.477 e. The third-order valence-electron chi connectivity index (χ3n) is 2.95. The number of rotatable bonds is 4. The van der Waals surface area contributed by atoms with Gasteiger partial charge in [-0.05, 0) is 13.0 Å². The molecule has 6 heteroatoms. The van der Waals surface area contributed by atoms with Gasteiger partial charge in [0.15, 0.2) is 5.43 Å². The molecular weight excluding hydrogens is 246 g/mol. The molecule has 0 bridgehead atoms. The predicted octanol–water partition coefficient (Wildman–Crippen LogP) is 0.831. The monoisotopic (exact) mass is 261 g/mol. The normalized spacial score (nSPS) is 10.6. The lowest BCUT2D eigenvalue weighted by Gasteiger charge is -2.10. The van der Waals surface area contributed by atoms with E-state index in [0.29, 0.717) is 13.0 Å². The Morgan fingerprint density at radius 2 is 2.21 bits per heavy atom. The van der Waals surface area contributed by atoms with E-state index in [2.05, 4.69) is 5.10 Å². The molecule has 0 aromatic carbocycles. The fourth-order valence-corrected chi connectivity index (χ4v) is 1.90. The highest BCUT2D eigenvalue weighted by Gasteiger charge is 2.10. The molecule has 0 aliphatic carbocycles. The second kappa shape index (κ2) is 5.09. The van der Waals surface area contributed by atoms with E-state index in [9.17, 15) is 9.59 Å². The van der Waals surface area contributed by atoms with Crippen molar-refractivity contribution in [3.63, 3.8) is 0 Å². The molecule has 2 heterocycles. The molecule has 0 unspecified atom stereocenters. The number of aromatic carboxylic acids is 1. The maximum atomic E-state index is 11.5. The zero-order valence-corrected chi connectivity index (χ0v) is 10.8. The van der Waals surface area contributed by atoms with E-state index in [0.717, 1.165) is 11.4 Å². The molecular formula is C13H15N3O3. The molecule has 1 N–H and O–H groups in total. The first kappa shape index (κ1) is 13.1. The van der Waals surface area contributed by atoms with E-state index in [4.69, 9.17) is 5.11 Å². The Kier molecular flexibility index (Phi) is 3.50. The van der Waals surface area contributed by atoms with Gasteiger partial charge in [-0.3, -0.25) is 9.48 Å². The third-order valence-corrected chi connectivity index (χ3v) is 2.95. The molecule has 0 aliphatic heterocycles. The first-order valence-corrected chi connectivity index (χ1v) is 5.90. The van der Waals surface area contributed by atoms with Crippen LogP contribution in [0.25, 0.3) is 0 Å². The number of aromatic nitrogens is 3. The largest absolute Gasteiger partial charge is 0.477 e. The Labute approximate surface area is 109 Å². The molecule has 2 aromatic rings. The highest BCUT2D eigenvalue weighted by molar-refractivity contribution is 5.87. The number of hydrogen-bond donors (Lipinski definition) is 1. The van der Waals surface area contributed by atoms with Gasteiger partial charge in [0.2, 0.25) is 0 Å². The lowest BCUT2D eigenvalue weighted by Crippen LogP contribution is -2.19. The van der Waals surface area contributed by atoms with Crippen LogP contribution in [0, 0.1) is 6.92 Å². The topological polar surface area (TPSA) is 77.1 Å². The SMILES string of the molecule is Cc1cc(=O)c(C(=O)O)cn1CCc1ccn(C)n1. The van der Waals surface area contributed by atoms with Crippen LogP contribution in [-0.2, 0) is 20.0 Å². The van der Waals surface area contributed by atoms with Crippen molar-refractivity contribution in [1.82, 2.24) is 14.3 Å². The number of aryl methyl sites for hydroxylation is 4. The highest BCUT2D eigenvalue weighted by Crippen LogP contribution is 2.03. The van der Waals surface area contributed by atoms with Crippen LogP contribution in [0.15, 0.2) is 29.3 Å². The van der Waals surface area contributed by atoms with Crippen LogP contribution in [0.5, 0.6) is 0 Å². The number of carbonyl (C=O) groups is 1. The molecule has 6 nitrogen and oxygen atoms in total. The molecule has 2 aromatic heterocycles. The molecule has 0 amide bonds. The Bertz CT molecular complexity index is 670. The zero-order valence-electron chi connectivity index (χ0n) is 10.8. The van der Waals surface area contributed by atoms with Crippen LogP contribution in [0.3, 0.4) is 0 Å². The number of carboxylic acid groups (broad SMARTS) is 1. The van der Waals surface area contributed by atoms with Gasteiger partial charge in [-0.25, -0.2) is 4.79 Å². The summed E-state index contributed by atoms with van der Waals surface area (Å²) in [6.45, 7) is 2.37. The van der Waals surface area contributed by atoms with Gasteiger partial charge < -0.3 is 9.67 Å². The van der Waals surface area contributed by atoms with Crippen molar-refractivity contribution < 1.29 is 9.90 Å². The van der Waals surface area contributed by atoms with Crippen LogP contribution in [-0.4, -0.2) is 25.4 Å². The summed E-state index contributed by atoms with van der Waals surface area (Å²) in [5.74, 6) is -1.20. The average Bonchev–Trinajstić information content (AvgIpc) is 2.73. The molecule has 0 radical (unpaired) electrons. The van der Waals surface area contributed by atoms with E-state index in [1.807, 2.05) is 19.3 Å². The summed E-state index contributed by atoms with van der Waals surface area (Å²) < 4.78 is 3.48. The summed E-state index contributed by atoms with van der Waals surface area (Å²) >= 11 is 0. The number of carboxylic acids is 1. The Balaban J connectivity index is 2.22. The van der Waals surface area contributed by atoms with Crippen molar-refractivity contribution in [3.05, 3.63) is 51.7 Å². The van der Waals surface area contributed by atoms with Crippen molar-refractivity contribution in [2.24, 2.45) is 7.05 Å². The molecule has 2 rings (SSSR count). The average molecular weight is 261 g/mol. The lowest BCUT2D eigenvalue weighted by molar-refractivity contribution is 0.0694. The van der Waals surface area contributed by atoms with E-state index < -0.39 is 11.4 Å². The second-order valence-electron chi connectivity index (χ2n) is 4.42. The van der Waals surface area contributed by atoms with Gasteiger partial charge in [-0.15, -0.1) is 0 Å². The van der Waals surface area contributed by atoms with Gasteiger partial charge in [0, 0.05) is 44.2 Å². The van der Waals surface area contributed by atoms with Gasteiger partial charge >= 0.3 is 5.97 Å². The Morgan fingerprint density at radius 3 is 2.79 bits per heavy atom. The third kappa shape index (κ3) is 2.90. The van der Waals surface area contributed by atoms with Crippen molar-refractivity contribution in [2.45, 2.75) is 19.9 Å². The van der Waals surface area contributed by atoms with E-state index in [-0.39, 0.29) is 5.56 Å². The molecule has 0 fully saturated rings. The van der Waals surface area contributed by atoms with E-state index >= 15 is 0 Å². The molecule has 19 heavy (non-hydrogen) atoms. The van der Waals surface area contributed by atoms with Crippen molar-refractivity contribution in [1.29, 1.82) is 0 Å². The second-order valence-corrected chi connectivity index (χ2v) is 4.42. The van der Waals surface area contributed by atoms with Crippen LogP contribution >= 0.6 is 0 Å². The van der Waals surface area contributed by atoms with E-state index in [1.165, 1.54) is 12.3 Å². The summed E-state index contributed by atoms with van der Waals surface area (Å²) in [5, 5.41) is 13.2. The van der Waals surface area contributed by atoms with Gasteiger partial charge in [-0.2, -0.15) is 5.10 Å². The smallest absolute Gasteiger partial charge is 0.341 e. The summed E-state index contributed by atoms with van der Waals surface area (Å²) in [5.41, 5.74) is 1.01.